The fraction of sp³-hybridized carbons (Fsp3) is 0.312. The molecule has 2 heterocycles. The van der Waals surface area contributed by atoms with Crippen molar-refractivity contribution in [3.8, 4) is 16.2 Å². The summed E-state index contributed by atoms with van der Waals surface area (Å²) in [5.74, 6) is 1.70. The van der Waals surface area contributed by atoms with E-state index in [0.29, 0.717) is 13.2 Å². The van der Waals surface area contributed by atoms with Crippen LogP contribution in [0.5, 0.6) is 5.75 Å². The first-order valence-electron chi connectivity index (χ1n) is 7.08. The molecule has 0 atom stereocenters. The van der Waals surface area contributed by atoms with Crippen molar-refractivity contribution in [1.82, 2.24) is 5.32 Å². The third-order valence-electron chi connectivity index (χ3n) is 3.31. The van der Waals surface area contributed by atoms with Gasteiger partial charge in [-0.2, -0.15) is 0 Å². The number of thiophene rings is 1. The maximum absolute atomic E-state index is 6.04. The van der Waals surface area contributed by atoms with Crippen molar-refractivity contribution in [1.29, 1.82) is 0 Å². The molecule has 1 aromatic heterocycles. The fourth-order valence-corrected chi connectivity index (χ4v) is 3.32. The number of halogens is 1. The third kappa shape index (κ3) is 3.43. The van der Waals surface area contributed by atoms with Crippen molar-refractivity contribution in [2.24, 2.45) is 4.99 Å². The first-order chi connectivity index (χ1) is 10.8. The van der Waals surface area contributed by atoms with Crippen LogP contribution in [-0.4, -0.2) is 39.2 Å². The Bertz CT molecular complexity index is 685. The largest absolute Gasteiger partial charge is 0.490 e. The molecule has 116 valence electrons. The maximum atomic E-state index is 6.04. The number of nitrogens with one attached hydrogen (secondary N) is 1. The topological polar surface area (TPSA) is 42.9 Å². The van der Waals surface area contributed by atoms with Gasteiger partial charge in [0.05, 0.1) is 23.1 Å². The molecule has 22 heavy (non-hydrogen) atoms. The highest BCUT2D eigenvalue weighted by Gasteiger charge is 2.15. The molecule has 1 aliphatic rings. The molecular weight excluding hydrogens is 320 g/mol. The molecule has 0 saturated heterocycles. The fourth-order valence-electron chi connectivity index (χ4n) is 2.28. The summed E-state index contributed by atoms with van der Waals surface area (Å²) in [6.07, 6.45) is 0. The minimum atomic E-state index is 0.515. The third-order valence-corrected chi connectivity index (χ3v) is 4.59. The van der Waals surface area contributed by atoms with Crippen LogP contribution in [0.25, 0.3) is 10.4 Å². The van der Waals surface area contributed by atoms with Gasteiger partial charge in [0.2, 0.25) is 0 Å². The summed E-state index contributed by atoms with van der Waals surface area (Å²) in [5.41, 5.74) is 2.10. The van der Waals surface area contributed by atoms with Crippen molar-refractivity contribution in [2.75, 3.05) is 33.4 Å². The van der Waals surface area contributed by atoms with Crippen LogP contribution in [0.3, 0.4) is 0 Å². The van der Waals surface area contributed by atoms with Gasteiger partial charge in [0, 0.05) is 18.5 Å². The standard InChI is InChI=1S/C16H17ClN2O2S/c1-20-8-9-21-13-3-2-11(14-4-5-15(17)22-14)10-12(13)16-18-6-7-19-16/h2-5,10H,6-9H2,1H3,(H,18,19). The summed E-state index contributed by atoms with van der Waals surface area (Å²) in [7, 11) is 1.66. The molecule has 0 saturated carbocycles. The average molecular weight is 337 g/mol. The Hall–Kier alpha value is -1.56. The van der Waals surface area contributed by atoms with Gasteiger partial charge in [0.15, 0.2) is 0 Å². The second-order valence-electron chi connectivity index (χ2n) is 4.81. The van der Waals surface area contributed by atoms with Gasteiger partial charge in [-0.15, -0.1) is 11.3 Å². The Morgan fingerprint density at radius 1 is 1.27 bits per heavy atom. The number of hydrogen-bond acceptors (Lipinski definition) is 5. The summed E-state index contributed by atoms with van der Waals surface area (Å²) >= 11 is 7.60. The van der Waals surface area contributed by atoms with Crippen molar-refractivity contribution >= 4 is 28.8 Å². The predicted molar refractivity (Wildman–Crippen MR) is 91.5 cm³/mol. The monoisotopic (exact) mass is 336 g/mol. The zero-order chi connectivity index (χ0) is 15.4. The van der Waals surface area contributed by atoms with Gasteiger partial charge in [0.25, 0.3) is 0 Å². The quantitative estimate of drug-likeness (QED) is 0.822. The summed E-state index contributed by atoms with van der Waals surface area (Å²) in [6.45, 7) is 2.73. The van der Waals surface area contributed by atoms with E-state index in [1.54, 1.807) is 18.4 Å². The summed E-state index contributed by atoms with van der Waals surface area (Å²) in [6, 6.07) is 10.1. The molecule has 0 spiro atoms. The van der Waals surface area contributed by atoms with Gasteiger partial charge in [0.1, 0.15) is 18.2 Å². The van der Waals surface area contributed by atoms with E-state index in [1.165, 1.54) is 0 Å². The lowest BCUT2D eigenvalue weighted by molar-refractivity contribution is 0.146. The van der Waals surface area contributed by atoms with E-state index in [4.69, 9.17) is 21.1 Å². The van der Waals surface area contributed by atoms with Crippen molar-refractivity contribution in [3.05, 3.63) is 40.2 Å². The lowest BCUT2D eigenvalue weighted by atomic mass is 10.1. The summed E-state index contributed by atoms with van der Waals surface area (Å²) in [5, 5.41) is 3.30. The van der Waals surface area contributed by atoms with E-state index in [2.05, 4.69) is 16.4 Å². The maximum Gasteiger partial charge on any atom is 0.132 e. The predicted octanol–water partition coefficient (Wildman–Crippen LogP) is 3.44. The molecule has 0 radical (unpaired) electrons. The van der Waals surface area contributed by atoms with Gasteiger partial charge < -0.3 is 14.8 Å². The lowest BCUT2D eigenvalue weighted by Gasteiger charge is -2.13. The van der Waals surface area contributed by atoms with Crippen LogP contribution in [0.2, 0.25) is 4.34 Å². The number of aliphatic imine (C=N–C) groups is 1. The highest BCUT2D eigenvalue weighted by molar-refractivity contribution is 7.19. The average Bonchev–Trinajstić information content (AvgIpc) is 3.19. The highest BCUT2D eigenvalue weighted by atomic mass is 35.5. The van der Waals surface area contributed by atoms with Crippen LogP contribution in [0.4, 0.5) is 0 Å². The van der Waals surface area contributed by atoms with E-state index in [1.807, 2.05) is 24.3 Å². The number of ether oxygens (including phenoxy) is 2. The summed E-state index contributed by atoms with van der Waals surface area (Å²) < 4.78 is 11.6. The van der Waals surface area contributed by atoms with Crippen LogP contribution in [0.1, 0.15) is 5.56 Å². The molecular formula is C16H17ClN2O2S. The van der Waals surface area contributed by atoms with Crippen LogP contribution in [0, 0.1) is 0 Å². The van der Waals surface area contributed by atoms with E-state index in [9.17, 15) is 0 Å². The molecule has 0 aliphatic carbocycles. The molecule has 1 aromatic carbocycles. The Balaban J connectivity index is 1.93. The number of amidine groups is 1. The number of hydrogen-bond donors (Lipinski definition) is 1. The van der Waals surface area contributed by atoms with Crippen molar-refractivity contribution < 1.29 is 9.47 Å². The molecule has 3 rings (SSSR count). The van der Waals surface area contributed by atoms with E-state index in [0.717, 1.165) is 45.0 Å². The number of benzene rings is 1. The molecule has 6 heteroatoms. The minimum Gasteiger partial charge on any atom is -0.490 e. The second-order valence-corrected chi connectivity index (χ2v) is 6.53. The van der Waals surface area contributed by atoms with Gasteiger partial charge >= 0.3 is 0 Å². The molecule has 1 aliphatic heterocycles. The molecule has 0 fully saturated rings. The second kappa shape index (κ2) is 7.13. The van der Waals surface area contributed by atoms with Crippen LogP contribution < -0.4 is 10.1 Å². The first-order valence-corrected chi connectivity index (χ1v) is 8.27. The molecule has 0 amide bonds. The molecule has 2 aromatic rings. The number of rotatable bonds is 6. The van der Waals surface area contributed by atoms with E-state index in [-0.39, 0.29) is 0 Å². The SMILES string of the molecule is COCCOc1ccc(-c2ccc(Cl)s2)cc1C1=NCCN1. The van der Waals surface area contributed by atoms with Crippen LogP contribution in [-0.2, 0) is 4.74 Å². The van der Waals surface area contributed by atoms with Gasteiger partial charge in [-0.3, -0.25) is 4.99 Å². The van der Waals surface area contributed by atoms with Gasteiger partial charge in [-0.05, 0) is 35.9 Å². The summed E-state index contributed by atoms with van der Waals surface area (Å²) in [4.78, 5) is 5.64. The highest BCUT2D eigenvalue weighted by Crippen LogP contribution is 2.33. The minimum absolute atomic E-state index is 0.515. The van der Waals surface area contributed by atoms with Gasteiger partial charge in [-0.1, -0.05) is 11.6 Å². The lowest BCUT2D eigenvalue weighted by Crippen LogP contribution is -2.20. The normalized spacial score (nSPS) is 13.8. The van der Waals surface area contributed by atoms with Gasteiger partial charge in [-0.25, -0.2) is 0 Å². The zero-order valence-electron chi connectivity index (χ0n) is 12.3. The van der Waals surface area contributed by atoms with E-state index >= 15 is 0 Å². The van der Waals surface area contributed by atoms with Crippen molar-refractivity contribution in [3.63, 3.8) is 0 Å². The Morgan fingerprint density at radius 3 is 2.86 bits per heavy atom. The zero-order valence-corrected chi connectivity index (χ0v) is 13.8. The molecule has 0 unspecified atom stereocenters. The van der Waals surface area contributed by atoms with Crippen LogP contribution in [0.15, 0.2) is 35.3 Å². The Kier molecular flexibility index (Phi) is 4.97. The Morgan fingerprint density at radius 2 is 2.18 bits per heavy atom. The molecule has 4 nitrogen and oxygen atoms in total. The van der Waals surface area contributed by atoms with E-state index < -0.39 is 0 Å². The number of nitrogens with zero attached hydrogens (tertiary/aromatic N) is 1. The molecule has 1 N–H and O–H groups in total. The van der Waals surface area contributed by atoms with Crippen molar-refractivity contribution in [2.45, 2.75) is 0 Å². The smallest absolute Gasteiger partial charge is 0.132 e. The number of methoxy groups -OCH3 is 1. The molecule has 0 bridgehead atoms. The Labute approximate surface area is 138 Å². The first kappa shape index (κ1) is 15.3. The van der Waals surface area contributed by atoms with Crippen LogP contribution >= 0.6 is 22.9 Å².